The molecule has 0 radical (unpaired) electrons. The van der Waals surface area contributed by atoms with E-state index in [1.807, 2.05) is 6.08 Å². The van der Waals surface area contributed by atoms with Gasteiger partial charge in [-0.25, -0.2) is 0 Å². The second-order valence-electron chi connectivity index (χ2n) is 22.8. The summed E-state index contributed by atoms with van der Waals surface area (Å²) in [6.45, 7) is 4.86. The summed E-state index contributed by atoms with van der Waals surface area (Å²) >= 11 is 0. The van der Waals surface area contributed by atoms with Gasteiger partial charge >= 0.3 is 5.97 Å². The van der Waals surface area contributed by atoms with Gasteiger partial charge in [0.2, 0.25) is 5.91 Å². The first-order chi connectivity index (χ1) is 36.5. The van der Waals surface area contributed by atoms with Crippen LogP contribution < -0.4 is 5.32 Å². The minimum atomic E-state index is -0.844. The summed E-state index contributed by atoms with van der Waals surface area (Å²) in [5, 5.41) is 23.2. The summed E-state index contributed by atoms with van der Waals surface area (Å²) in [6.07, 6.45) is 80.6. The van der Waals surface area contributed by atoms with Crippen LogP contribution >= 0.6 is 0 Å². The fraction of sp³-hybridized carbons (Fsp3) is 0.882. The number of carbonyl (C=O) groups is 2. The number of rotatable bonds is 62. The van der Waals surface area contributed by atoms with Crippen molar-refractivity contribution in [3.63, 3.8) is 0 Å². The smallest absolute Gasteiger partial charge is 0.305 e. The average Bonchev–Trinajstić information content (AvgIpc) is 3.40. The van der Waals surface area contributed by atoms with Crippen molar-refractivity contribution in [2.45, 2.75) is 373 Å². The highest BCUT2D eigenvalue weighted by Gasteiger charge is 2.18. The Labute approximate surface area is 462 Å². The fourth-order valence-electron chi connectivity index (χ4n) is 10.3. The van der Waals surface area contributed by atoms with E-state index in [1.165, 1.54) is 283 Å². The van der Waals surface area contributed by atoms with Crippen LogP contribution in [-0.2, 0) is 14.3 Å². The van der Waals surface area contributed by atoms with Gasteiger partial charge in [-0.2, -0.15) is 0 Å². The molecular weight excluding hydrogens is 911 g/mol. The summed E-state index contributed by atoms with van der Waals surface area (Å²) < 4.78 is 5.47. The minimum Gasteiger partial charge on any atom is -0.466 e. The Kier molecular flexibility index (Phi) is 62.0. The van der Waals surface area contributed by atoms with Gasteiger partial charge in [-0.3, -0.25) is 9.59 Å². The molecule has 0 spiro atoms. The highest BCUT2D eigenvalue weighted by Crippen LogP contribution is 2.18. The van der Waals surface area contributed by atoms with Crippen molar-refractivity contribution in [3.8, 4) is 0 Å². The van der Waals surface area contributed by atoms with Crippen LogP contribution in [0.15, 0.2) is 36.5 Å². The third-order valence-corrected chi connectivity index (χ3v) is 15.4. The van der Waals surface area contributed by atoms with E-state index in [4.69, 9.17) is 4.74 Å². The topological polar surface area (TPSA) is 95.9 Å². The van der Waals surface area contributed by atoms with Crippen LogP contribution in [0.4, 0.5) is 0 Å². The Morgan fingerprint density at radius 3 is 1.08 bits per heavy atom. The van der Waals surface area contributed by atoms with E-state index < -0.39 is 12.1 Å². The molecule has 6 nitrogen and oxygen atoms in total. The van der Waals surface area contributed by atoms with Gasteiger partial charge in [0.1, 0.15) is 0 Å². The molecule has 3 N–H and O–H groups in total. The fourth-order valence-corrected chi connectivity index (χ4v) is 10.3. The van der Waals surface area contributed by atoms with Crippen LogP contribution in [0, 0.1) is 0 Å². The molecule has 2 unspecified atom stereocenters. The zero-order chi connectivity index (χ0) is 53.6. The molecule has 6 heteroatoms. The van der Waals surface area contributed by atoms with Gasteiger partial charge in [-0.05, 0) is 57.8 Å². The summed E-state index contributed by atoms with van der Waals surface area (Å²) in [5.74, 6) is -0.0627. The van der Waals surface area contributed by atoms with E-state index in [0.717, 1.165) is 51.4 Å². The molecule has 0 aliphatic carbocycles. The molecule has 0 rings (SSSR count). The number of hydrogen-bond donors (Lipinski definition) is 3. The van der Waals surface area contributed by atoms with E-state index in [0.29, 0.717) is 19.4 Å². The average molecular weight is 1040 g/mol. The number of ether oxygens (including phenoxy) is 1. The van der Waals surface area contributed by atoms with Crippen LogP contribution in [0.5, 0.6) is 0 Å². The molecule has 0 aromatic heterocycles. The van der Waals surface area contributed by atoms with Crippen LogP contribution in [0.1, 0.15) is 361 Å². The highest BCUT2D eigenvalue weighted by molar-refractivity contribution is 5.76. The van der Waals surface area contributed by atoms with E-state index in [1.54, 1.807) is 6.08 Å². The number of nitrogens with one attached hydrogen (secondary N) is 1. The maximum absolute atomic E-state index is 12.5. The van der Waals surface area contributed by atoms with E-state index in [2.05, 4.69) is 43.5 Å². The molecule has 0 heterocycles. The van der Waals surface area contributed by atoms with Crippen molar-refractivity contribution >= 4 is 11.9 Å². The predicted octanol–water partition coefficient (Wildman–Crippen LogP) is 21.1. The highest BCUT2D eigenvalue weighted by atomic mass is 16.5. The first-order valence-corrected chi connectivity index (χ1v) is 33.3. The standard InChI is InChI=1S/C68H129NO5/c1-3-5-7-9-11-13-15-17-18-19-27-30-33-37-40-44-48-52-56-60-66(71)65(64-70)69-67(72)61-57-53-49-45-41-38-34-31-28-25-23-21-20-22-24-26-29-32-35-39-43-47-51-55-59-63-74-68(73)62-58-54-50-46-42-36-16-14-12-10-8-6-4-2/h8,10,14,16,56,60,65-66,70-71H,3-7,9,11-13,15,17-55,57-59,61-64H2,1-2H3,(H,69,72)/b10-8-,16-14-,60-56+. The zero-order valence-corrected chi connectivity index (χ0v) is 49.8. The second kappa shape index (κ2) is 63.6. The summed E-state index contributed by atoms with van der Waals surface area (Å²) in [5.41, 5.74) is 0. The van der Waals surface area contributed by atoms with Crippen LogP contribution in [0.2, 0.25) is 0 Å². The Hall–Kier alpha value is -1.92. The summed E-state index contributed by atoms with van der Waals surface area (Å²) in [6, 6.07) is -0.627. The van der Waals surface area contributed by atoms with Crippen LogP contribution in [0.25, 0.3) is 0 Å². The Balaban J connectivity index is 3.39. The summed E-state index contributed by atoms with van der Waals surface area (Å²) in [4.78, 5) is 24.5. The Morgan fingerprint density at radius 2 is 0.703 bits per heavy atom. The molecule has 0 bridgehead atoms. The molecule has 2 atom stereocenters. The van der Waals surface area contributed by atoms with Crippen LogP contribution in [0.3, 0.4) is 0 Å². The number of aliphatic hydroxyl groups is 2. The molecule has 0 saturated heterocycles. The molecule has 0 aliphatic heterocycles. The number of unbranched alkanes of at least 4 members (excludes halogenated alkanes) is 47. The number of esters is 1. The zero-order valence-electron chi connectivity index (χ0n) is 49.8. The Bertz CT molecular complexity index is 1200. The Morgan fingerprint density at radius 1 is 0.378 bits per heavy atom. The van der Waals surface area contributed by atoms with Crippen molar-refractivity contribution in [2.24, 2.45) is 0 Å². The van der Waals surface area contributed by atoms with Gasteiger partial charge in [0.05, 0.1) is 25.4 Å². The molecular formula is C68H129NO5. The number of hydrogen-bond acceptors (Lipinski definition) is 5. The van der Waals surface area contributed by atoms with Crippen molar-refractivity contribution in [2.75, 3.05) is 13.2 Å². The third kappa shape index (κ3) is 59.3. The van der Waals surface area contributed by atoms with Crippen molar-refractivity contribution in [1.29, 1.82) is 0 Å². The van der Waals surface area contributed by atoms with E-state index in [-0.39, 0.29) is 18.5 Å². The number of allylic oxidation sites excluding steroid dienone is 5. The van der Waals surface area contributed by atoms with Crippen molar-refractivity contribution < 1.29 is 24.5 Å². The van der Waals surface area contributed by atoms with E-state index in [9.17, 15) is 19.8 Å². The molecule has 0 aromatic carbocycles. The predicted molar refractivity (Wildman–Crippen MR) is 324 cm³/mol. The van der Waals surface area contributed by atoms with Gasteiger partial charge in [-0.1, -0.05) is 326 Å². The number of aliphatic hydroxyl groups excluding tert-OH is 2. The van der Waals surface area contributed by atoms with Gasteiger partial charge in [0.15, 0.2) is 0 Å². The second-order valence-corrected chi connectivity index (χ2v) is 22.8. The molecule has 0 aliphatic rings. The van der Waals surface area contributed by atoms with Gasteiger partial charge in [0, 0.05) is 12.8 Å². The first-order valence-electron chi connectivity index (χ1n) is 33.3. The lowest BCUT2D eigenvalue weighted by Crippen LogP contribution is -2.45. The van der Waals surface area contributed by atoms with E-state index >= 15 is 0 Å². The lowest BCUT2D eigenvalue weighted by molar-refractivity contribution is -0.143. The normalized spacial score (nSPS) is 12.8. The third-order valence-electron chi connectivity index (χ3n) is 15.4. The van der Waals surface area contributed by atoms with Crippen molar-refractivity contribution in [3.05, 3.63) is 36.5 Å². The molecule has 0 saturated carbocycles. The molecule has 74 heavy (non-hydrogen) atoms. The number of amides is 1. The lowest BCUT2D eigenvalue weighted by Gasteiger charge is -2.20. The largest absolute Gasteiger partial charge is 0.466 e. The lowest BCUT2D eigenvalue weighted by atomic mass is 10.0. The quantitative estimate of drug-likeness (QED) is 0.0320. The van der Waals surface area contributed by atoms with Gasteiger partial charge in [0.25, 0.3) is 0 Å². The summed E-state index contributed by atoms with van der Waals surface area (Å²) in [7, 11) is 0. The maximum Gasteiger partial charge on any atom is 0.305 e. The molecule has 0 aromatic rings. The van der Waals surface area contributed by atoms with Crippen molar-refractivity contribution in [1.82, 2.24) is 5.32 Å². The number of carbonyl (C=O) groups excluding carboxylic acids is 2. The SMILES string of the molecule is CCC/C=C\C/C=C\CCCCCCCC(=O)OCCCCCCCCCCCCCCCCCCCCCCCCCCCC(=O)NC(CO)C(O)/C=C/CCCCCCCCCCCCCCCCCCC. The maximum atomic E-state index is 12.5. The molecule has 0 fully saturated rings. The molecule has 436 valence electrons. The molecule has 1 amide bonds. The van der Waals surface area contributed by atoms with Gasteiger partial charge < -0.3 is 20.3 Å². The van der Waals surface area contributed by atoms with Gasteiger partial charge in [-0.15, -0.1) is 0 Å². The van der Waals surface area contributed by atoms with Crippen LogP contribution in [-0.4, -0.2) is 47.4 Å². The monoisotopic (exact) mass is 1040 g/mol. The first kappa shape index (κ1) is 72.1. The minimum absolute atomic E-state index is 0.000783.